The predicted octanol–water partition coefficient (Wildman–Crippen LogP) is 2.01. The molecule has 0 bridgehead atoms. The molecule has 0 aliphatic carbocycles. The number of ether oxygens (including phenoxy) is 1. The van der Waals surface area contributed by atoms with E-state index in [2.05, 4.69) is 41.4 Å². The summed E-state index contributed by atoms with van der Waals surface area (Å²) in [5.74, 6) is 0.563. The van der Waals surface area contributed by atoms with Crippen LogP contribution in [0.15, 0.2) is 48.5 Å². The Morgan fingerprint density at radius 3 is 2.39 bits per heavy atom. The zero-order valence-corrected chi connectivity index (χ0v) is 16.5. The van der Waals surface area contributed by atoms with Gasteiger partial charge >= 0.3 is 0 Å². The van der Waals surface area contributed by atoms with E-state index in [1.807, 2.05) is 29.2 Å². The van der Waals surface area contributed by atoms with Gasteiger partial charge in [-0.1, -0.05) is 24.3 Å². The van der Waals surface area contributed by atoms with Gasteiger partial charge in [0.2, 0.25) is 11.8 Å². The Balaban J connectivity index is 1.42. The molecule has 0 saturated carbocycles. The number of nitrogens with zero attached hydrogens (tertiary/aromatic N) is 2. The SMILES string of the molecule is COc1ccc(CC(=O)NCC(=O)N2CCN(c3cccc(C)c3)CC2)cc1. The van der Waals surface area contributed by atoms with Crippen molar-refractivity contribution in [2.45, 2.75) is 13.3 Å². The molecule has 0 spiro atoms. The van der Waals surface area contributed by atoms with E-state index in [0.717, 1.165) is 24.4 Å². The number of carbonyl (C=O) groups excluding carboxylic acids is 2. The van der Waals surface area contributed by atoms with Gasteiger partial charge in [-0.3, -0.25) is 9.59 Å². The van der Waals surface area contributed by atoms with E-state index < -0.39 is 0 Å². The summed E-state index contributed by atoms with van der Waals surface area (Å²) in [6.07, 6.45) is 0.248. The van der Waals surface area contributed by atoms with Crippen molar-refractivity contribution in [2.24, 2.45) is 0 Å². The first-order chi connectivity index (χ1) is 13.5. The van der Waals surface area contributed by atoms with Gasteiger partial charge in [0.05, 0.1) is 20.1 Å². The lowest BCUT2D eigenvalue weighted by Gasteiger charge is -2.36. The Hall–Kier alpha value is -3.02. The number of carbonyl (C=O) groups is 2. The molecule has 1 N–H and O–H groups in total. The van der Waals surface area contributed by atoms with E-state index in [9.17, 15) is 9.59 Å². The first kappa shape index (κ1) is 19.7. The molecule has 6 nitrogen and oxygen atoms in total. The van der Waals surface area contributed by atoms with Crippen LogP contribution in [0.5, 0.6) is 5.75 Å². The lowest BCUT2D eigenvalue weighted by Crippen LogP contribution is -2.51. The number of rotatable bonds is 6. The number of aryl methyl sites for hydroxylation is 1. The number of nitrogens with one attached hydrogen (secondary N) is 1. The third kappa shape index (κ3) is 5.25. The number of piperazine rings is 1. The van der Waals surface area contributed by atoms with Gasteiger partial charge in [-0.15, -0.1) is 0 Å². The zero-order chi connectivity index (χ0) is 19.9. The first-order valence-electron chi connectivity index (χ1n) is 9.54. The maximum atomic E-state index is 12.4. The second-order valence-corrected chi connectivity index (χ2v) is 7.01. The highest BCUT2D eigenvalue weighted by atomic mass is 16.5. The molecule has 0 atom stereocenters. The Bertz CT molecular complexity index is 812. The van der Waals surface area contributed by atoms with E-state index in [1.165, 1.54) is 11.3 Å². The second kappa shape index (κ2) is 9.26. The normalized spacial score (nSPS) is 13.9. The topological polar surface area (TPSA) is 61.9 Å². The largest absolute Gasteiger partial charge is 0.497 e. The molecule has 1 fully saturated rings. The quantitative estimate of drug-likeness (QED) is 0.832. The standard InChI is InChI=1S/C22H27N3O3/c1-17-4-3-5-19(14-17)24-10-12-25(13-11-24)22(27)16-23-21(26)15-18-6-8-20(28-2)9-7-18/h3-9,14H,10-13,15-16H2,1-2H3,(H,23,26). The van der Waals surface area contributed by atoms with Crippen LogP contribution in [0.4, 0.5) is 5.69 Å². The molecule has 1 aliphatic rings. The molecule has 1 aliphatic heterocycles. The van der Waals surface area contributed by atoms with Crippen molar-refractivity contribution in [1.29, 1.82) is 0 Å². The summed E-state index contributed by atoms with van der Waals surface area (Å²) in [6.45, 7) is 5.06. The van der Waals surface area contributed by atoms with Crippen LogP contribution in [0, 0.1) is 6.92 Å². The van der Waals surface area contributed by atoms with Gasteiger partial charge < -0.3 is 19.9 Å². The van der Waals surface area contributed by atoms with Crippen LogP contribution >= 0.6 is 0 Å². The maximum Gasteiger partial charge on any atom is 0.242 e. The summed E-state index contributed by atoms with van der Waals surface area (Å²) in [5.41, 5.74) is 3.31. The molecule has 2 amide bonds. The maximum absolute atomic E-state index is 12.4. The summed E-state index contributed by atoms with van der Waals surface area (Å²) in [4.78, 5) is 28.6. The van der Waals surface area contributed by atoms with Crippen molar-refractivity contribution in [1.82, 2.24) is 10.2 Å². The molecule has 3 rings (SSSR count). The van der Waals surface area contributed by atoms with E-state index in [1.54, 1.807) is 7.11 Å². The zero-order valence-electron chi connectivity index (χ0n) is 16.5. The Kier molecular flexibility index (Phi) is 6.53. The van der Waals surface area contributed by atoms with Crippen molar-refractivity contribution in [3.8, 4) is 5.75 Å². The molecule has 2 aromatic carbocycles. The van der Waals surface area contributed by atoms with Gasteiger partial charge in [-0.25, -0.2) is 0 Å². The molecule has 148 valence electrons. The molecule has 1 heterocycles. The smallest absolute Gasteiger partial charge is 0.242 e. The Labute approximate surface area is 166 Å². The highest BCUT2D eigenvalue weighted by Crippen LogP contribution is 2.17. The van der Waals surface area contributed by atoms with Gasteiger partial charge in [0.1, 0.15) is 5.75 Å². The summed E-state index contributed by atoms with van der Waals surface area (Å²) >= 11 is 0. The summed E-state index contributed by atoms with van der Waals surface area (Å²) in [5, 5.41) is 2.73. The van der Waals surface area contributed by atoms with Crippen LogP contribution in [-0.2, 0) is 16.0 Å². The number of hydrogen-bond donors (Lipinski definition) is 1. The summed E-state index contributed by atoms with van der Waals surface area (Å²) in [6, 6.07) is 15.7. The fourth-order valence-corrected chi connectivity index (χ4v) is 3.32. The van der Waals surface area contributed by atoms with Gasteiger partial charge in [0.15, 0.2) is 0 Å². The molecule has 2 aromatic rings. The van der Waals surface area contributed by atoms with Crippen LogP contribution in [0.2, 0.25) is 0 Å². The van der Waals surface area contributed by atoms with E-state index in [4.69, 9.17) is 4.74 Å². The average Bonchev–Trinajstić information content (AvgIpc) is 2.72. The van der Waals surface area contributed by atoms with E-state index >= 15 is 0 Å². The molecule has 0 unspecified atom stereocenters. The number of anilines is 1. The average molecular weight is 381 g/mol. The minimum absolute atomic E-state index is 0.0352. The fourth-order valence-electron chi connectivity index (χ4n) is 3.32. The highest BCUT2D eigenvalue weighted by molar-refractivity contribution is 5.85. The third-order valence-corrected chi connectivity index (χ3v) is 4.96. The van der Waals surface area contributed by atoms with E-state index in [-0.39, 0.29) is 24.8 Å². The third-order valence-electron chi connectivity index (χ3n) is 4.96. The van der Waals surface area contributed by atoms with Crippen molar-refractivity contribution in [2.75, 3.05) is 44.7 Å². The van der Waals surface area contributed by atoms with Crippen LogP contribution in [-0.4, -0.2) is 56.5 Å². The lowest BCUT2D eigenvalue weighted by molar-refractivity contribution is -0.133. The van der Waals surface area contributed by atoms with Crippen LogP contribution in [0.1, 0.15) is 11.1 Å². The van der Waals surface area contributed by atoms with Crippen LogP contribution < -0.4 is 15.0 Å². The second-order valence-electron chi connectivity index (χ2n) is 7.01. The monoisotopic (exact) mass is 381 g/mol. The molecular weight excluding hydrogens is 354 g/mol. The Morgan fingerprint density at radius 1 is 1.04 bits per heavy atom. The molecule has 1 saturated heterocycles. The number of methoxy groups -OCH3 is 1. The Morgan fingerprint density at radius 2 is 1.75 bits per heavy atom. The van der Waals surface area contributed by atoms with Gasteiger partial charge in [0, 0.05) is 31.9 Å². The van der Waals surface area contributed by atoms with Gasteiger partial charge in [-0.2, -0.15) is 0 Å². The first-order valence-corrected chi connectivity index (χ1v) is 9.54. The molecule has 0 aromatic heterocycles. The summed E-state index contributed by atoms with van der Waals surface area (Å²) in [7, 11) is 1.61. The predicted molar refractivity (Wildman–Crippen MR) is 110 cm³/mol. The van der Waals surface area contributed by atoms with Crippen LogP contribution in [0.3, 0.4) is 0 Å². The number of benzene rings is 2. The summed E-state index contributed by atoms with van der Waals surface area (Å²) < 4.78 is 5.11. The van der Waals surface area contributed by atoms with Crippen molar-refractivity contribution in [3.63, 3.8) is 0 Å². The minimum Gasteiger partial charge on any atom is -0.497 e. The molecular formula is C22H27N3O3. The lowest BCUT2D eigenvalue weighted by atomic mass is 10.1. The van der Waals surface area contributed by atoms with Crippen LogP contribution in [0.25, 0.3) is 0 Å². The number of amides is 2. The molecule has 6 heteroatoms. The number of hydrogen-bond acceptors (Lipinski definition) is 4. The van der Waals surface area contributed by atoms with Crippen molar-refractivity contribution in [3.05, 3.63) is 59.7 Å². The van der Waals surface area contributed by atoms with Crippen molar-refractivity contribution >= 4 is 17.5 Å². The van der Waals surface area contributed by atoms with E-state index in [0.29, 0.717) is 13.1 Å². The fraction of sp³-hybridized carbons (Fsp3) is 0.364. The van der Waals surface area contributed by atoms with Gasteiger partial charge in [-0.05, 0) is 42.3 Å². The highest BCUT2D eigenvalue weighted by Gasteiger charge is 2.21. The molecule has 0 radical (unpaired) electrons. The van der Waals surface area contributed by atoms with Crippen molar-refractivity contribution < 1.29 is 14.3 Å². The minimum atomic E-state index is -0.156. The molecule has 28 heavy (non-hydrogen) atoms. The van der Waals surface area contributed by atoms with Gasteiger partial charge in [0.25, 0.3) is 0 Å².